The van der Waals surface area contributed by atoms with E-state index < -0.39 is 0 Å². The molecule has 2 aliphatic heterocycles. The Morgan fingerprint density at radius 3 is 2.63 bits per heavy atom. The van der Waals surface area contributed by atoms with E-state index in [1.54, 1.807) is 20.3 Å². The molecule has 2 aliphatic rings. The Kier molecular flexibility index (Phi) is 3.42. The van der Waals surface area contributed by atoms with Crippen molar-refractivity contribution < 1.29 is 9.47 Å². The summed E-state index contributed by atoms with van der Waals surface area (Å²) in [5.74, 6) is 2.51. The molecule has 19 heavy (non-hydrogen) atoms. The summed E-state index contributed by atoms with van der Waals surface area (Å²) in [5.41, 5.74) is 0. The van der Waals surface area contributed by atoms with E-state index in [1.807, 2.05) is 0 Å². The lowest BCUT2D eigenvalue weighted by molar-refractivity contribution is 0.357. The van der Waals surface area contributed by atoms with Crippen LogP contribution in [-0.4, -0.2) is 49.9 Å². The first-order valence-corrected chi connectivity index (χ1v) is 6.75. The summed E-state index contributed by atoms with van der Waals surface area (Å²) in [6, 6.07) is 2.37. The summed E-state index contributed by atoms with van der Waals surface area (Å²) in [6.45, 7) is 3.12. The summed E-state index contributed by atoms with van der Waals surface area (Å²) in [4.78, 5) is 11.1. The summed E-state index contributed by atoms with van der Waals surface area (Å²) in [6.07, 6.45) is 2.38. The molecule has 6 heteroatoms. The minimum absolute atomic E-state index is 0.550. The molecular formula is C13H20N4O2. The molecule has 2 unspecified atom stereocenters. The zero-order valence-electron chi connectivity index (χ0n) is 11.4. The second-order valence-electron chi connectivity index (χ2n) is 5.10. The summed E-state index contributed by atoms with van der Waals surface area (Å²) >= 11 is 0. The van der Waals surface area contributed by atoms with Crippen molar-refractivity contribution in [2.24, 2.45) is 5.92 Å². The van der Waals surface area contributed by atoms with Crippen molar-refractivity contribution in [2.75, 3.05) is 38.8 Å². The lowest BCUT2D eigenvalue weighted by Crippen LogP contribution is -2.45. The van der Waals surface area contributed by atoms with Crippen LogP contribution in [0.5, 0.6) is 11.8 Å². The molecule has 1 aromatic heterocycles. The smallest absolute Gasteiger partial charge is 0.231 e. The van der Waals surface area contributed by atoms with Gasteiger partial charge in [-0.05, 0) is 25.3 Å². The van der Waals surface area contributed by atoms with Crippen LogP contribution >= 0.6 is 0 Å². The number of anilines is 1. The van der Waals surface area contributed by atoms with Crippen molar-refractivity contribution in [1.29, 1.82) is 0 Å². The Hall–Kier alpha value is -1.56. The molecule has 0 aromatic carbocycles. The quantitative estimate of drug-likeness (QED) is 0.866. The van der Waals surface area contributed by atoms with Crippen LogP contribution in [0, 0.1) is 5.92 Å². The number of fused-ring (bicyclic) bond motifs is 1. The number of hydrogen-bond donors (Lipinski definition) is 1. The monoisotopic (exact) mass is 264 g/mol. The van der Waals surface area contributed by atoms with E-state index in [0.717, 1.165) is 26.1 Å². The highest BCUT2D eigenvalue weighted by Crippen LogP contribution is 2.28. The van der Waals surface area contributed by atoms with Crippen LogP contribution in [0.3, 0.4) is 0 Å². The predicted molar refractivity (Wildman–Crippen MR) is 71.9 cm³/mol. The Morgan fingerprint density at radius 1 is 1.21 bits per heavy atom. The fourth-order valence-electron chi connectivity index (χ4n) is 2.97. The van der Waals surface area contributed by atoms with Gasteiger partial charge in [-0.25, -0.2) is 0 Å². The Bertz CT molecular complexity index is 432. The maximum Gasteiger partial charge on any atom is 0.231 e. The van der Waals surface area contributed by atoms with Crippen LogP contribution in [0.15, 0.2) is 6.07 Å². The molecular weight excluding hydrogens is 244 g/mol. The van der Waals surface area contributed by atoms with Gasteiger partial charge >= 0.3 is 0 Å². The minimum atomic E-state index is 0.550. The van der Waals surface area contributed by atoms with Crippen LogP contribution in [0.1, 0.15) is 12.8 Å². The van der Waals surface area contributed by atoms with Gasteiger partial charge in [0.2, 0.25) is 17.7 Å². The Labute approximate surface area is 113 Å². The molecule has 1 N–H and O–H groups in total. The SMILES string of the molecule is COc1cc(OC)nc(N2CCC3NCCC3C2)n1. The Balaban J connectivity index is 1.81. The maximum absolute atomic E-state index is 5.20. The van der Waals surface area contributed by atoms with Crippen LogP contribution in [0.4, 0.5) is 5.95 Å². The molecule has 3 rings (SSSR count). The van der Waals surface area contributed by atoms with Crippen molar-refractivity contribution in [2.45, 2.75) is 18.9 Å². The lowest BCUT2D eigenvalue weighted by Gasteiger charge is -2.34. The molecule has 2 saturated heterocycles. The minimum Gasteiger partial charge on any atom is -0.481 e. The van der Waals surface area contributed by atoms with E-state index in [4.69, 9.17) is 9.47 Å². The fraction of sp³-hybridized carbons (Fsp3) is 0.692. The molecule has 0 bridgehead atoms. The van der Waals surface area contributed by atoms with Crippen LogP contribution in [0.25, 0.3) is 0 Å². The molecule has 2 fully saturated rings. The van der Waals surface area contributed by atoms with Gasteiger partial charge in [-0.3, -0.25) is 0 Å². The number of ether oxygens (including phenoxy) is 2. The van der Waals surface area contributed by atoms with E-state index in [1.165, 1.54) is 6.42 Å². The second kappa shape index (κ2) is 5.21. The third kappa shape index (κ3) is 2.45. The summed E-state index contributed by atoms with van der Waals surface area (Å²) in [5, 5.41) is 3.56. The number of rotatable bonds is 3. The number of nitrogens with one attached hydrogen (secondary N) is 1. The molecule has 1 aromatic rings. The predicted octanol–water partition coefficient (Wildman–Crippen LogP) is 0.682. The highest BCUT2D eigenvalue weighted by molar-refractivity contribution is 5.37. The lowest BCUT2D eigenvalue weighted by atomic mass is 9.94. The van der Waals surface area contributed by atoms with Gasteiger partial charge in [-0.2, -0.15) is 9.97 Å². The largest absolute Gasteiger partial charge is 0.481 e. The van der Waals surface area contributed by atoms with Crippen molar-refractivity contribution in [3.63, 3.8) is 0 Å². The molecule has 0 aliphatic carbocycles. The van der Waals surface area contributed by atoms with Crippen molar-refractivity contribution >= 4 is 5.95 Å². The van der Waals surface area contributed by atoms with E-state index >= 15 is 0 Å². The van der Waals surface area contributed by atoms with Gasteiger partial charge in [0.15, 0.2) is 0 Å². The van der Waals surface area contributed by atoms with Gasteiger partial charge in [0.05, 0.1) is 20.3 Å². The molecule has 0 spiro atoms. The highest BCUT2D eigenvalue weighted by Gasteiger charge is 2.33. The van der Waals surface area contributed by atoms with Crippen LogP contribution < -0.4 is 19.7 Å². The molecule has 3 heterocycles. The number of hydrogen-bond acceptors (Lipinski definition) is 6. The van der Waals surface area contributed by atoms with E-state index in [0.29, 0.717) is 29.7 Å². The van der Waals surface area contributed by atoms with Gasteiger partial charge in [-0.1, -0.05) is 0 Å². The first-order valence-electron chi connectivity index (χ1n) is 6.75. The topological polar surface area (TPSA) is 59.5 Å². The summed E-state index contributed by atoms with van der Waals surface area (Å²) < 4.78 is 10.4. The molecule has 0 radical (unpaired) electrons. The Morgan fingerprint density at radius 2 is 1.95 bits per heavy atom. The number of methoxy groups -OCH3 is 2. The van der Waals surface area contributed by atoms with Crippen molar-refractivity contribution in [3.05, 3.63) is 6.07 Å². The average Bonchev–Trinajstić information content (AvgIpc) is 2.94. The molecule has 6 nitrogen and oxygen atoms in total. The molecule has 104 valence electrons. The average molecular weight is 264 g/mol. The van der Waals surface area contributed by atoms with Gasteiger partial charge < -0.3 is 19.7 Å². The first-order chi connectivity index (χ1) is 9.30. The van der Waals surface area contributed by atoms with Crippen molar-refractivity contribution in [3.8, 4) is 11.8 Å². The maximum atomic E-state index is 5.20. The zero-order chi connectivity index (χ0) is 13.2. The van der Waals surface area contributed by atoms with E-state index in [-0.39, 0.29) is 0 Å². The zero-order valence-corrected chi connectivity index (χ0v) is 11.4. The first kappa shape index (κ1) is 12.5. The molecule has 0 saturated carbocycles. The van der Waals surface area contributed by atoms with Gasteiger partial charge in [0.1, 0.15) is 0 Å². The van der Waals surface area contributed by atoms with E-state index in [2.05, 4.69) is 20.2 Å². The van der Waals surface area contributed by atoms with Gasteiger partial charge in [-0.15, -0.1) is 0 Å². The van der Waals surface area contributed by atoms with E-state index in [9.17, 15) is 0 Å². The third-order valence-corrected chi connectivity index (χ3v) is 4.02. The highest BCUT2D eigenvalue weighted by atomic mass is 16.5. The number of aromatic nitrogens is 2. The third-order valence-electron chi connectivity index (χ3n) is 4.02. The van der Waals surface area contributed by atoms with Crippen molar-refractivity contribution in [1.82, 2.24) is 15.3 Å². The van der Waals surface area contributed by atoms with Crippen LogP contribution in [-0.2, 0) is 0 Å². The summed E-state index contributed by atoms with van der Waals surface area (Å²) in [7, 11) is 3.22. The van der Waals surface area contributed by atoms with Gasteiger partial charge in [0.25, 0.3) is 0 Å². The number of nitrogens with zero attached hydrogens (tertiary/aromatic N) is 3. The number of piperidine rings is 1. The normalized spacial score (nSPS) is 26.1. The molecule has 2 atom stereocenters. The molecule has 0 amide bonds. The fourth-order valence-corrected chi connectivity index (χ4v) is 2.97. The second-order valence-corrected chi connectivity index (χ2v) is 5.10. The standard InChI is InChI=1S/C13H20N4O2/c1-18-11-7-12(19-2)16-13(15-11)17-6-4-10-9(8-17)3-5-14-10/h7,9-10,14H,3-6,8H2,1-2H3. The van der Waals surface area contributed by atoms with Crippen LogP contribution in [0.2, 0.25) is 0 Å². The van der Waals surface area contributed by atoms with Gasteiger partial charge in [0, 0.05) is 19.1 Å².